The molecule has 0 radical (unpaired) electrons. The Kier molecular flexibility index (Phi) is 8.54. The number of hydrogen-bond acceptors (Lipinski definition) is 8. The highest BCUT2D eigenvalue weighted by atomic mass is 32.2. The molecule has 3 heterocycles. The van der Waals surface area contributed by atoms with Crippen LogP contribution in [0.4, 0.5) is 20.2 Å². The number of fused-ring (bicyclic) bond motifs is 1. The number of sulfonamides is 1. The molecule has 4 N–H and O–H groups in total. The second-order valence-electron chi connectivity index (χ2n) is 11.8. The lowest BCUT2D eigenvalue weighted by Crippen LogP contribution is -2.68. The Morgan fingerprint density at radius 3 is 2.58 bits per heavy atom. The van der Waals surface area contributed by atoms with Crippen molar-refractivity contribution in [1.82, 2.24) is 4.90 Å². The number of thiophene rings is 1. The molecule has 8 nitrogen and oxygen atoms in total. The predicted molar refractivity (Wildman–Crippen MR) is 166 cm³/mol. The first-order valence-corrected chi connectivity index (χ1v) is 16.8. The zero-order valence-corrected chi connectivity index (χ0v) is 25.6. The smallest absolute Gasteiger partial charge is 0.242 e. The summed E-state index contributed by atoms with van der Waals surface area (Å²) in [5.74, 6) is 6.44. The zero-order chi connectivity index (χ0) is 30.2. The normalized spacial score (nSPS) is 21.6. The number of nitrogens with one attached hydrogen (secondary N) is 2. The molecule has 230 valence electrons. The Balaban J connectivity index is 1.14. The molecule has 3 fully saturated rings. The Bertz CT molecular complexity index is 1650. The van der Waals surface area contributed by atoms with E-state index in [0.717, 1.165) is 67.8 Å². The summed E-state index contributed by atoms with van der Waals surface area (Å²) in [6.07, 6.45) is 1.62. The number of benzene rings is 2. The average molecular weight is 631 g/mol. The van der Waals surface area contributed by atoms with Crippen LogP contribution in [0, 0.1) is 17.3 Å². The Morgan fingerprint density at radius 2 is 1.93 bits per heavy atom. The fourth-order valence-corrected chi connectivity index (χ4v) is 8.16. The molecule has 12 heteroatoms. The van der Waals surface area contributed by atoms with Crippen LogP contribution < -0.4 is 20.5 Å². The highest BCUT2D eigenvalue weighted by Gasteiger charge is 2.50. The molecule has 0 atom stereocenters. The number of halogens is 2. The Labute approximate surface area is 255 Å². The van der Waals surface area contributed by atoms with Crippen LogP contribution >= 0.6 is 11.3 Å². The third-order valence-corrected chi connectivity index (χ3v) is 10.8. The first kappa shape index (κ1) is 30.1. The number of ether oxygens (including phenoxy) is 2. The van der Waals surface area contributed by atoms with Crippen LogP contribution in [0.3, 0.4) is 0 Å². The lowest BCUT2D eigenvalue weighted by molar-refractivity contribution is -0.200. The van der Waals surface area contributed by atoms with Crippen molar-refractivity contribution in [3.8, 4) is 17.6 Å². The second-order valence-corrected chi connectivity index (χ2v) is 14.4. The third kappa shape index (κ3) is 6.47. The average Bonchev–Trinajstić information content (AvgIpc) is 3.27. The lowest BCUT2D eigenvalue weighted by Gasteiger charge is -2.58. The molecule has 2 aromatic carbocycles. The predicted octanol–water partition coefficient (Wildman–Crippen LogP) is 4.88. The van der Waals surface area contributed by atoms with Gasteiger partial charge in [0.05, 0.1) is 52.7 Å². The molecule has 3 aromatic rings. The van der Waals surface area contributed by atoms with E-state index in [2.05, 4.69) is 27.4 Å². The monoisotopic (exact) mass is 630 g/mol. The van der Waals surface area contributed by atoms with E-state index in [-0.39, 0.29) is 17.9 Å². The van der Waals surface area contributed by atoms with Gasteiger partial charge < -0.3 is 20.1 Å². The fraction of sp³-hybridized carbons (Fsp3) is 0.484. The fourth-order valence-electron chi connectivity index (χ4n) is 6.45. The van der Waals surface area contributed by atoms with E-state index in [9.17, 15) is 17.2 Å². The summed E-state index contributed by atoms with van der Waals surface area (Å²) in [4.78, 5) is 3.18. The number of alkyl halides is 2. The minimum atomic E-state index is -3.87. The van der Waals surface area contributed by atoms with Gasteiger partial charge in [-0.3, -0.25) is 4.90 Å². The lowest BCUT2D eigenvalue weighted by atomic mass is 9.75. The van der Waals surface area contributed by atoms with Gasteiger partial charge in [-0.05, 0) is 54.8 Å². The van der Waals surface area contributed by atoms with Crippen LogP contribution in [-0.4, -0.2) is 71.8 Å². The summed E-state index contributed by atoms with van der Waals surface area (Å²) in [6.45, 7) is 4.35. The van der Waals surface area contributed by atoms with E-state index < -0.39 is 16.4 Å². The number of rotatable bonds is 9. The van der Waals surface area contributed by atoms with Crippen molar-refractivity contribution in [1.29, 1.82) is 0 Å². The van der Waals surface area contributed by atoms with Gasteiger partial charge in [0, 0.05) is 43.1 Å². The second kappa shape index (κ2) is 12.2. The molecule has 1 aliphatic carbocycles. The molecule has 3 aliphatic rings. The summed E-state index contributed by atoms with van der Waals surface area (Å²) >= 11 is 1.44. The molecular formula is C31H36F2N4O4S2. The van der Waals surface area contributed by atoms with E-state index in [1.807, 2.05) is 18.2 Å². The highest BCUT2D eigenvalue weighted by molar-refractivity contribution is 7.89. The molecule has 1 spiro atoms. The maximum Gasteiger partial charge on any atom is 0.242 e. The molecule has 0 amide bonds. The largest absolute Gasteiger partial charge is 0.495 e. The van der Waals surface area contributed by atoms with Gasteiger partial charge in [0.25, 0.3) is 0 Å². The quantitative estimate of drug-likeness (QED) is 0.290. The zero-order valence-electron chi connectivity index (χ0n) is 24.0. The maximum absolute atomic E-state index is 13.7. The number of likely N-dealkylation sites (tertiary alicyclic amines) is 1. The Morgan fingerprint density at radius 1 is 1.16 bits per heavy atom. The number of anilines is 2. The summed E-state index contributed by atoms with van der Waals surface area (Å²) in [5.41, 5.74) is 2.52. The van der Waals surface area contributed by atoms with Gasteiger partial charge in [0.1, 0.15) is 5.75 Å². The van der Waals surface area contributed by atoms with Crippen molar-refractivity contribution in [2.24, 2.45) is 10.6 Å². The molecular weight excluding hydrogens is 594 g/mol. The summed E-state index contributed by atoms with van der Waals surface area (Å²) in [6, 6.07) is 11.1. The minimum absolute atomic E-state index is 0.0612. The van der Waals surface area contributed by atoms with Crippen molar-refractivity contribution in [3.05, 3.63) is 46.8 Å². The number of nitrogens with two attached hydrogens (primary N) is 1. The number of hydrogen-bond donors (Lipinski definition) is 3. The minimum Gasteiger partial charge on any atom is -0.495 e. The van der Waals surface area contributed by atoms with E-state index in [4.69, 9.17) is 14.6 Å². The number of nitrogens with zero attached hydrogens (tertiary/aromatic N) is 1. The molecule has 6 rings (SSSR count). The van der Waals surface area contributed by atoms with Gasteiger partial charge >= 0.3 is 0 Å². The van der Waals surface area contributed by atoms with Gasteiger partial charge in [-0.2, -0.15) is 0 Å². The van der Waals surface area contributed by atoms with Gasteiger partial charge in [-0.1, -0.05) is 24.0 Å². The van der Waals surface area contributed by atoms with E-state index in [1.165, 1.54) is 30.6 Å². The van der Waals surface area contributed by atoms with Crippen LogP contribution in [0.5, 0.6) is 5.75 Å². The van der Waals surface area contributed by atoms with Gasteiger partial charge in [-0.15, -0.1) is 11.3 Å². The first-order valence-electron chi connectivity index (χ1n) is 14.5. The van der Waals surface area contributed by atoms with Crippen LogP contribution in [-0.2, 0) is 21.2 Å². The first-order chi connectivity index (χ1) is 20.6. The SMILES string of the molecule is COc1cc(S(N)(=O)=O)ccc1NCC#Cc1sc2c(NC3CCC(N4CC5(COC5)C4)CC3)cccc2c1CC(F)F. The number of primary sulfonamides is 1. The van der Waals surface area contributed by atoms with E-state index >= 15 is 0 Å². The number of methoxy groups -OCH3 is 1. The molecule has 2 saturated heterocycles. The Hall–Kier alpha value is -2.95. The van der Waals surface area contributed by atoms with Crippen molar-refractivity contribution in [3.63, 3.8) is 0 Å². The standard InChI is InChI=1S/C31H36F2N4O4S2/c1-40-27-14-22(43(34,38)39)11-12-25(27)35-13-3-6-28-24(15-29(32)33)23-4-2-5-26(30(23)42-28)36-20-7-9-21(10-8-20)37-16-31(17-37)18-41-19-31/h2,4-5,11-12,14,20-21,29,35-36H,7-10,13,15-19H2,1H3,(H2,34,38,39). The summed E-state index contributed by atoms with van der Waals surface area (Å²) < 4.78 is 62.3. The van der Waals surface area contributed by atoms with E-state index in [1.54, 1.807) is 6.07 Å². The molecule has 0 bridgehead atoms. The van der Waals surface area contributed by atoms with Gasteiger partial charge in [0.15, 0.2) is 0 Å². The van der Waals surface area contributed by atoms with Gasteiger partial charge in [0.2, 0.25) is 16.4 Å². The van der Waals surface area contributed by atoms with Crippen LogP contribution in [0.25, 0.3) is 10.1 Å². The van der Waals surface area contributed by atoms with Crippen molar-refractivity contribution in [2.45, 2.75) is 55.5 Å². The topological polar surface area (TPSA) is 106 Å². The van der Waals surface area contributed by atoms with E-state index in [0.29, 0.717) is 39.4 Å². The maximum atomic E-state index is 13.7. The van der Waals surface area contributed by atoms with Gasteiger partial charge in [-0.25, -0.2) is 22.3 Å². The third-order valence-electron chi connectivity index (χ3n) is 8.71. The summed E-state index contributed by atoms with van der Waals surface area (Å²) in [7, 11) is -2.44. The molecule has 2 aliphatic heterocycles. The highest BCUT2D eigenvalue weighted by Crippen LogP contribution is 2.42. The van der Waals surface area contributed by atoms with Crippen LogP contribution in [0.2, 0.25) is 0 Å². The van der Waals surface area contributed by atoms with Crippen molar-refractivity contribution >= 4 is 42.8 Å². The molecule has 0 unspecified atom stereocenters. The van der Waals surface area contributed by atoms with Crippen LogP contribution in [0.15, 0.2) is 41.3 Å². The summed E-state index contributed by atoms with van der Waals surface area (Å²) in [5, 5.41) is 12.9. The molecule has 1 saturated carbocycles. The molecule has 43 heavy (non-hydrogen) atoms. The van der Waals surface area contributed by atoms with Crippen molar-refractivity contribution < 1.29 is 26.7 Å². The van der Waals surface area contributed by atoms with Crippen LogP contribution in [0.1, 0.15) is 36.1 Å². The van der Waals surface area contributed by atoms with Crippen molar-refractivity contribution in [2.75, 3.05) is 50.6 Å². The molecule has 1 aromatic heterocycles.